The number of thioether (sulfide) groups is 1. The van der Waals surface area contributed by atoms with E-state index in [1.165, 1.54) is 31.7 Å². The van der Waals surface area contributed by atoms with Crippen LogP contribution in [0.2, 0.25) is 0 Å². The Morgan fingerprint density at radius 3 is 3.04 bits per heavy atom. The Bertz CT molecular complexity index is 614. The fourth-order valence-electron chi connectivity index (χ4n) is 3.37. The maximum atomic E-state index is 13.7. The topological polar surface area (TPSA) is 42.9 Å². The van der Waals surface area contributed by atoms with Crippen molar-refractivity contribution in [2.75, 3.05) is 6.79 Å². The van der Waals surface area contributed by atoms with Crippen LogP contribution in [0, 0.1) is 5.82 Å². The summed E-state index contributed by atoms with van der Waals surface area (Å²) in [6.45, 7) is 0.647. The van der Waals surface area contributed by atoms with Crippen molar-refractivity contribution < 1.29 is 13.9 Å². The molecule has 0 bridgehead atoms. The van der Waals surface area contributed by atoms with Gasteiger partial charge in [0, 0.05) is 16.9 Å². The maximum Gasteiger partial charge on any atom is 0.189 e. The highest BCUT2D eigenvalue weighted by molar-refractivity contribution is 8.13. The lowest BCUT2D eigenvalue weighted by Crippen LogP contribution is -2.36. The molecule has 23 heavy (non-hydrogen) atoms. The smallest absolute Gasteiger partial charge is 0.189 e. The molecule has 2 unspecified atom stereocenters. The van der Waals surface area contributed by atoms with Gasteiger partial charge >= 0.3 is 0 Å². The van der Waals surface area contributed by atoms with Gasteiger partial charge in [-0.15, -0.1) is 12.4 Å². The van der Waals surface area contributed by atoms with Crippen LogP contribution in [0.4, 0.5) is 4.39 Å². The van der Waals surface area contributed by atoms with Gasteiger partial charge in [-0.3, -0.25) is 4.99 Å². The van der Waals surface area contributed by atoms with Crippen molar-refractivity contribution in [3.63, 3.8) is 0 Å². The number of hydrogen-bond donors (Lipinski definition) is 1. The van der Waals surface area contributed by atoms with Crippen molar-refractivity contribution in [1.29, 1.82) is 0 Å². The maximum absolute atomic E-state index is 13.7. The molecule has 7 heteroatoms. The number of hydrogen-bond acceptors (Lipinski definition) is 5. The lowest BCUT2D eigenvalue weighted by atomic mass is 9.92. The summed E-state index contributed by atoms with van der Waals surface area (Å²) >= 11 is 1.64. The molecule has 2 heterocycles. The Labute approximate surface area is 145 Å². The first kappa shape index (κ1) is 16.9. The van der Waals surface area contributed by atoms with E-state index in [9.17, 15) is 4.39 Å². The Kier molecular flexibility index (Phi) is 5.34. The van der Waals surface area contributed by atoms with E-state index in [-0.39, 0.29) is 25.0 Å². The van der Waals surface area contributed by atoms with Gasteiger partial charge in [0.2, 0.25) is 0 Å². The quantitative estimate of drug-likeness (QED) is 0.876. The zero-order valence-electron chi connectivity index (χ0n) is 12.7. The fourth-order valence-corrected chi connectivity index (χ4v) is 4.32. The van der Waals surface area contributed by atoms with E-state index < -0.39 is 0 Å². The van der Waals surface area contributed by atoms with E-state index in [0.29, 0.717) is 24.4 Å². The van der Waals surface area contributed by atoms with Crippen molar-refractivity contribution >= 4 is 29.3 Å². The fraction of sp³-hybridized carbons (Fsp3) is 0.562. The zero-order valence-corrected chi connectivity index (χ0v) is 14.4. The molecule has 4 rings (SSSR count). The molecule has 1 aromatic rings. The highest BCUT2D eigenvalue weighted by Crippen LogP contribution is 2.33. The summed E-state index contributed by atoms with van der Waals surface area (Å²) in [5, 5.41) is 4.50. The van der Waals surface area contributed by atoms with Gasteiger partial charge in [0.25, 0.3) is 0 Å². The second kappa shape index (κ2) is 7.28. The number of aliphatic imine (C=N–C) groups is 1. The van der Waals surface area contributed by atoms with Crippen molar-refractivity contribution in [3.05, 3.63) is 29.1 Å². The molecule has 3 aliphatic rings. The van der Waals surface area contributed by atoms with Crippen LogP contribution in [-0.4, -0.2) is 24.0 Å². The average Bonchev–Trinajstić information content (AvgIpc) is 2.95. The second-order valence-corrected chi connectivity index (χ2v) is 6.95. The lowest BCUT2D eigenvalue weighted by Gasteiger charge is -2.23. The van der Waals surface area contributed by atoms with Crippen LogP contribution >= 0.6 is 24.2 Å². The summed E-state index contributed by atoms with van der Waals surface area (Å²) in [5.41, 5.74) is 1.67. The molecule has 2 atom stereocenters. The van der Waals surface area contributed by atoms with E-state index in [2.05, 4.69) is 5.32 Å². The van der Waals surface area contributed by atoms with Gasteiger partial charge < -0.3 is 14.8 Å². The van der Waals surface area contributed by atoms with E-state index in [1.807, 2.05) is 0 Å². The molecule has 2 aliphatic heterocycles. The Hall–Kier alpha value is -0.980. The van der Waals surface area contributed by atoms with Gasteiger partial charge in [-0.25, -0.2) is 4.39 Å². The molecule has 0 amide bonds. The van der Waals surface area contributed by atoms with E-state index in [1.54, 1.807) is 17.8 Å². The standard InChI is InChI=1S/C16H19FN2O2S.ClH/c17-12-5-10-7-20-9-21-15(10)11(6-12)8-22-16-18-13-3-1-2-4-14(13)19-16;/h5-6,13-14H,1-4,7-9H2,(H,18,19);1H. The predicted octanol–water partition coefficient (Wildman–Crippen LogP) is 3.62. The molecule has 1 N–H and O–H groups in total. The normalized spacial score (nSPS) is 25.3. The van der Waals surface area contributed by atoms with Crippen LogP contribution in [-0.2, 0) is 17.1 Å². The lowest BCUT2D eigenvalue weighted by molar-refractivity contribution is -0.0171. The first-order valence-corrected chi connectivity index (χ1v) is 8.77. The molecular formula is C16H20ClFN2O2S. The number of halogens is 2. The third kappa shape index (κ3) is 3.59. The number of rotatable bonds is 2. The van der Waals surface area contributed by atoms with Crippen molar-refractivity contribution in [2.24, 2.45) is 4.99 Å². The summed E-state index contributed by atoms with van der Waals surface area (Å²) in [6.07, 6.45) is 4.94. The van der Waals surface area contributed by atoms with Crippen LogP contribution in [0.1, 0.15) is 36.8 Å². The van der Waals surface area contributed by atoms with Crippen LogP contribution in [0.5, 0.6) is 5.75 Å². The number of nitrogens with zero attached hydrogens (tertiary/aromatic N) is 1. The molecule has 1 saturated carbocycles. The SMILES string of the molecule is Cl.Fc1cc2c(c(CSC3=NC4CCCCC4N3)c1)OCOC2. The third-order valence-electron chi connectivity index (χ3n) is 4.44. The summed E-state index contributed by atoms with van der Waals surface area (Å²) < 4.78 is 24.5. The number of fused-ring (bicyclic) bond motifs is 2. The molecule has 0 aromatic heterocycles. The van der Waals surface area contributed by atoms with Crippen molar-refractivity contribution in [2.45, 2.75) is 50.1 Å². The molecule has 0 spiro atoms. The summed E-state index contributed by atoms with van der Waals surface area (Å²) in [5.74, 6) is 1.19. The minimum Gasteiger partial charge on any atom is -0.467 e. The summed E-state index contributed by atoms with van der Waals surface area (Å²) in [6, 6.07) is 3.98. The van der Waals surface area contributed by atoms with Gasteiger partial charge in [-0.1, -0.05) is 24.6 Å². The first-order valence-electron chi connectivity index (χ1n) is 7.78. The van der Waals surface area contributed by atoms with Crippen LogP contribution in [0.15, 0.2) is 17.1 Å². The first-order chi connectivity index (χ1) is 10.8. The van der Waals surface area contributed by atoms with Crippen molar-refractivity contribution in [3.8, 4) is 5.75 Å². The summed E-state index contributed by atoms with van der Waals surface area (Å²) in [7, 11) is 0. The summed E-state index contributed by atoms with van der Waals surface area (Å²) in [4.78, 5) is 4.77. The van der Waals surface area contributed by atoms with Gasteiger partial charge in [0.05, 0.1) is 18.7 Å². The second-order valence-electron chi connectivity index (χ2n) is 5.99. The number of nitrogens with one attached hydrogen (secondary N) is 1. The van der Waals surface area contributed by atoms with Crippen LogP contribution < -0.4 is 10.1 Å². The number of amidine groups is 1. The molecule has 1 fully saturated rings. The largest absolute Gasteiger partial charge is 0.467 e. The predicted molar refractivity (Wildman–Crippen MR) is 91.8 cm³/mol. The molecule has 0 radical (unpaired) electrons. The van der Waals surface area contributed by atoms with Gasteiger partial charge in [0.1, 0.15) is 11.6 Å². The average molecular weight is 359 g/mol. The molecule has 1 aliphatic carbocycles. The Morgan fingerprint density at radius 1 is 1.30 bits per heavy atom. The third-order valence-corrected chi connectivity index (χ3v) is 5.39. The monoisotopic (exact) mass is 358 g/mol. The highest BCUT2D eigenvalue weighted by Gasteiger charge is 2.31. The Morgan fingerprint density at radius 2 is 2.17 bits per heavy atom. The van der Waals surface area contributed by atoms with E-state index in [0.717, 1.165) is 22.0 Å². The minimum absolute atomic E-state index is 0. The molecule has 0 saturated heterocycles. The molecular weight excluding hydrogens is 339 g/mol. The van der Waals surface area contributed by atoms with Gasteiger partial charge in [-0.2, -0.15) is 0 Å². The minimum atomic E-state index is -0.238. The zero-order chi connectivity index (χ0) is 14.9. The Balaban J connectivity index is 0.00000156. The molecule has 4 nitrogen and oxygen atoms in total. The number of ether oxygens (including phenoxy) is 2. The van der Waals surface area contributed by atoms with E-state index in [4.69, 9.17) is 14.5 Å². The van der Waals surface area contributed by atoms with Crippen molar-refractivity contribution in [1.82, 2.24) is 5.32 Å². The van der Waals surface area contributed by atoms with Crippen LogP contribution in [0.3, 0.4) is 0 Å². The molecule has 1 aromatic carbocycles. The van der Waals surface area contributed by atoms with Gasteiger partial charge in [-0.05, 0) is 25.0 Å². The highest BCUT2D eigenvalue weighted by atomic mass is 35.5. The van der Waals surface area contributed by atoms with E-state index >= 15 is 0 Å². The van der Waals surface area contributed by atoms with Crippen LogP contribution in [0.25, 0.3) is 0 Å². The van der Waals surface area contributed by atoms with Gasteiger partial charge in [0.15, 0.2) is 12.0 Å². The number of benzene rings is 1. The molecule has 126 valence electrons.